The van der Waals surface area contributed by atoms with E-state index in [1.54, 1.807) is 6.92 Å². The van der Waals surface area contributed by atoms with Crippen LogP contribution in [0.15, 0.2) is 24.3 Å². The zero-order valence-electron chi connectivity index (χ0n) is 14.2. The van der Waals surface area contributed by atoms with Crippen molar-refractivity contribution in [3.8, 4) is 5.75 Å². The molecule has 0 atom stereocenters. The third-order valence-electron chi connectivity index (χ3n) is 3.00. The minimum atomic E-state index is -7.36. The summed E-state index contributed by atoms with van der Waals surface area (Å²) >= 11 is 0. The van der Waals surface area contributed by atoms with Crippen LogP contribution in [0.4, 0.5) is 39.5 Å². The molecule has 0 heterocycles. The van der Waals surface area contributed by atoms with Crippen LogP contribution in [0, 0.1) is 6.92 Å². The van der Waals surface area contributed by atoms with Crippen molar-refractivity contribution in [2.45, 2.75) is 30.2 Å². The van der Waals surface area contributed by atoms with Crippen molar-refractivity contribution < 1.29 is 55.7 Å². The van der Waals surface area contributed by atoms with Gasteiger partial charge in [0.15, 0.2) is 5.75 Å². The number of hydrogen-bond donors (Lipinski definition) is 0. The molecular formula is C13H13F9O4S2. The van der Waals surface area contributed by atoms with E-state index in [4.69, 9.17) is 4.18 Å². The van der Waals surface area contributed by atoms with Gasteiger partial charge in [0.2, 0.25) is 0 Å². The van der Waals surface area contributed by atoms with Crippen molar-refractivity contribution in [1.82, 2.24) is 0 Å². The Morgan fingerprint density at radius 1 is 0.786 bits per heavy atom. The van der Waals surface area contributed by atoms with E-state index in [0.29, 0.717) is 5.56 Å². The van der Waals surface area contributed by atoms with Gasteiger partial charge in [0.05, 0.1) is 0 Å². The van der Waals surface area contributed by atoms with Crippen LogP contribution in [0.3, 0.4) is 0 Å². The maximum absolute atomic E-state index is 13.6. The van der Waals surface area contributed by atoms with Crippen molar-refractivity contribution in [3.63, 3.8) is 0 Å². The second kappa shape index (κ2) is 7.16. The lowest BCUT2D eigenvalue weighted by atomic mass is 10.1. The number of hydrogen-bond acceptors (Lipinski definition) is 4. The molecule has 1 aromatic rings. The summed E-state index contributed by atoms with van der Waals surface area (Å²) in [7, 11) is -10.7. The number of halogens is 9. The first-order chi connectivity index (χ1) is 12.2. The summed E-state index contributed by atoms with van der Waals surface area (Å²) in [5.74, 6) is -14.9. The first-order valence-corrected chi connectivity index (χ1v) is 10.5. The van der Waals surface area contributed by atoms with Crippen molar-refractivity contribution >= 4 is 20.7 Å². The van der Waals surface area contributed by atoms with Gasteiger partial charge in [0.1, 0.15) is 0 Å². The maximum Gasteiger partial charge on any atom is 0.460 e. The van der Waals surface area contributed by atoms with Crippen LogP contribution in [0.2, 0.25) is 0 Å². The summed E-state index contributed by atoms with van der Waals surface area (Å²) in [5, 5.41) is -6.93. The number of alkyl halides is 9. The van der Waals surface area contributed by atoms with E-state index in [1.165, 1.54) is 24.3 Å². The molecule has 0 aliphatic rings. The van der Waals surface area contributed by atoms with E-state index in [0.717, 1.165) is 12.5 Å². The molecule has 0 saturated heterocycles. The molecule has 0 aliphatic carbocycles. The van der Waals surface area contributed by atoms with Crippen molar-refractivity contribution in [2.24, 2.45) is 0 Å². The normalized spacial score (nSPS) is 15.4. The minimum Gasteiger partial charge on any atom is -0.391 e. The lowest BCUT2D eigenvalue weighted by molar-refractivity contribution is -0.382. The summed E-state index contributed by atoms with van der Waals surface area (Å²) in [6.07, 6.45) is -5.71. The van der Waals surface area contributed by atoms with Crippen LogP contribution in [-0.2, 0) is 13.7 Å². The van der Waals surface area contributed by atoms with Crippen LogP contribution in [0.5, 0.6) is 5.75 Å². The summed E-state index contributed by atoms with van der Waals surface area (Å²) in [4.78, 5) is 0. The molecule has 0 aromatic heterocycles. The molecular weight excluding hydrogens is 455 g/mol. The van der Waals surface area contributed by atoms with Gasteiger partial charge < -0.3 is 4.18 Å². The van der Waals surface area contributed by atoms with Crippen LogP contribution >= 0.6 is 10.6 Å². The van der Waals surface area contributed by atoms with E-state index in [-0.39, 0.29) is 5.75 Å². The molecule has 164 valence electrons. The Kier molecular flexibility index (Phi) is 6.31. The van der Waals surface area contributed by atoms with Gasteiger partial charge >= 0.3 is 33.4 Å². The highest BCUT2D eigenvalue weighted by Crippen LogP contribution is 2.57. The predicted molar refractivity (Wildman–Crippen MR) is 82.1 cm³/mol. The lowest BCUT2D eigenvalue weighted by Crippen LogP contribution is -2.63. The summed E-state index contributed by atoms with van der Waals surface area (Å²) in [5.41, 5.74) is 0.703. The van der Waals surface area contributed by atoms with Gasteiger partial charge in [-0.1, -0.05) is 17.7 Å². The van der Waals surface area contributed by atoms with Crippen molar-refractivity contribution in [3.05, 3.63) is 29.8 Å². The maximum atomic E-state index is 13.6. The van der Waals surface area contributed by atoms with Gasteiger partial charge in [0, 0.05) is 12.5 Å². The molecule has 0 spiro atoms. The van der Waals surface area contributed by atoms with E-state index in [1.807, 2.05) is 0 Å². The molecule has 1 aromatic carbocycles. The van der Waals surface area contributed by atoms with Crippen LogP contribution in [0.1, 0.15) is 5.56 Å². The number of aryl methyl sites for hydroxylation is 1. The monoisotopic (exact) mass is 468 g/mol. The molecule has 0 unspecified atom stereocenters. The van der Waals surface area contributed by atoms with Crippen LogP contribution in [0.25, 0.3) is 0 Å². The van der Waals surface area contributed by atoms with E-state index < -0.39 is 44.0 Å². The zero-order chi connectivity index (χ0) is 22.4. The predicted octanol–water partition coefficient (Wildman–Crippen LogP) is 5.04. The Balaban J connectivity index is 3.23. The Bertz CT molecular complexity index is 802. The van der Waals surface area contributed by atoms with E-state index in [9.17, 15) is 47.9 Å². The average molecular weight is 468 g/mol. The lowest BCUT2D eigenvalue weighted by Gasteiger charge is -2.38. The molecule has 0 N–H and O–H groups in total. The average Bonchev–Trinajstić information content (AvgIpc) is 2.46. The number of benzene rings is 1. The molecule has 15 heteroatoms. The second-order valence-electron chi connectivity index (χ2n) is 5.72. The van der Waals surface area contributed by atoms with E-state index in [2.05, 4.69) is 3.63 Å². The smallest absolute Gasteiger partial charge is 0.391 e. The van der Waals surface area contributed by atoms with Crippen LogP contribution < -0.4 is 4.18 Å². The van der Waals surface area contributed by atoms with Crippen molar-refractivity contribution in [1.29, 1.82) is 0 Å². The fourth-order valence-electron chi connectivity index (χ4n) is 1.62. The Hall–Kier alpha value is -1.35. The molecule has 0 fully saturated rings. The SMILES string of the molecule is Cc1ccc(OS(C)(C)OS(=O)(=O)C(F)(F)C(F)(F)C(F)(F)C(F)(F)F)cc1. The highest BCUT2D eigenvalue weighted by atomic mass is 32.3. The first-order valence-electron chi connectivity index (χ1n) is 6.83. The zero-order valence-corrected chi connectivity index (χ0v) is 15.8. The molecule has 0 bridgehead atoms. The molecule has 0 amide bonds. The van der Waals surface area contributed by atoms with Gasteiger partial charge in [-0.3, -0.25) is 0 Å². The second-order valence-corrected chi connectivity index (χ2v) is 10.1. The number of rotatable bonds is 7. The fraction of sp³-hybridized carbons (Fsp3) is 0.538. The van der Waals surface area contributed by atoms with E-state index >= 15 is 0 Å². The van der Waals surface area contributed by atoms with Gasteiger partial charge in [-0.05, 0) is 19.1 Å². The molecule has 1 rings (SSSR count). The third kappa shape index (κ3) is 4.45. The summed E-state index contributed by atoms with van der Waals surface area (Å²) < 4.78 is 148. The minimum absolute atomic E-state index is 0.156. The Labute approximate surface area is 155 Å². The highest BCUT2D eigenvalue weighted by molar-refractivity contribution is 8.28. The molecule has 0 saturated carbocycles. The molecule has 0 aliphatic heterocycles. The standard InChI is InChI=1S/C13H13F9O4S2/c1-8-4-6-9(7-5-8)25-27(2,3)26-28(23,24)13(21,22)11(16,17)10(14,15)12(18,19)20/h4-7H,1-3H3. The third-order valence-corrected chi connectivity index (χ3v) is 6.51. The topological polar surface area (TPSA) is 52.6 Å². The highest BCUT2D eigenvalue weighted by Gasteiger charge is 2.86. The van der Waals surface area contributed by atoms with Gasteiger partial charge in [-0.2, -0.15) is 47.9 Å². The molecule has 4 nitrogen and oxygen atoms in total. The summed E-state index contributed by atoms with van der Waals surface area (Å²) in [6.45, 7) is 1.65. The first kappa shape index (κ1) is 24.7. The summed E-state index contributed by atoms with van der Waals surface area (Å²) in [6, 6.07) is 5.33. The quantitative estimate of drug-likeness (QED) is 0.527. The van der Waals surface area contributed by atoms with Gasteiger partial charge in [0.25, 0.3) is 0 Å². The largest absolute Gasteiger partial charge is 0.460 e. The van der Waals surface area contributed by atoms with Gasteiger partial charge in [-0.25, -0.2) is 0 Å². The van der Waals surface area contributed by atoms with Crippen LogP contribution in [-0.4, -0.2) is 44.2 Å². The van der Waals surface area contributed by atoms with Gasteiger partial charge in [-0.15, -0.1) is 14.2 Å². The fourth-order valence-corrected chi connectivity index (χ4v) is 4.81. The molecule has 0 radical (unpaired) electrons. The molecule has 28 heavy (non-hydrogen) atoms. The Morgan fingerprint density at radius 3 is 1.61 bits per heavy atom. The van der Waals surface area contributed by atoms with Crippen molar-refractivity contribution in [2.75, 3.05) is 12.5 Å². The Morgan fingerprint density at radius 2 is 1.21 bits per heavy atom.